The molecule has 1 unspecified atom stereocenters. The van der Waals surface area contributed by atoms with Crippen LogP contribution in [0.4, 0.5) is 13.2 Å². The Bertz CT molecular complexity index is 346. The Morgan fingerprint density at radius 1 is 1.24 bits per heavy atom. The first-order chi connectivity index (χ1) is 7.95. The molecular weight excluding hydrogens is 324 g/mol. The Kier molecular flexibility index (Phi) is 5.39. The maximum atomic E-state index is 12.8. The maximum absolute atomic E-state index is 12.8. The minimum atomic E-state index is -4.06. The summed E-state index contributed by atoms with van der Waals surface area (Å²) in [6.45, 7) is 0.449. The zero-order valence-corrected chi connectivity index (χ0v) is 10.8. The van der Waals surface area contributed by atoms with Gasteiger partial charge in [-0.05, 0) is 24.3 Å². The summed E-state index contributed by atoms with van der Waals surface area (Å²) in [4.78, 5) is 0. The molecule has 1 aromatic rings. The molecule has 0 aliphatic heterocycles. The lowest BCUT2D eigenvalue weighted by atomic mass is 10.3. The lowest BCUT2D eigenvalue weighted by molar-refractivity contribution is -0.199. The van der Waals surface area contributed by atoms with E-state index in [2.05, 4.69) is 32.3 Å². The molecule has 0 aromatic heterocycles. The highest BCUT2D eigenvalue weighted by molar-refractivity contribution is 9.09. The molecule has 0 fully saturated rings. The van der Waals surface area contributed by atoms with E-state index in [9.17, 15) is 13.2 Å². The van der Waals surface area contributed by atoms with Gasteiger partial charge in [-0.2, -0.15) is 8.78 Å². The van der Waals surface area contributed by atoms with Gasteiger partial charge in [0.25, 0.3) is 5.63 Å². The van der Waals surface area contributed by atoms with Crippen molar-refractivity contribution in [3.05, 3.63) is 24.3 Å². The molecule has 96 valence electrons. The summed E-state index contributed by atoms with van der Waals surface area (Å²) in [5.74, 6) is 0.312. The molecule has 0 N–H and O–H groups in total. The molecule has 0 aliphatic carbocycles. The number of hydrogen-bond acceptors (Lipinski definition) is 2. The fraction of sp³-hybridized carbons (Fsp3) is 0.400. The van der Waals surface area contributed by atoms with Crippen LogP contribution in [0.5, 0.6) is 11.5 Å². The van der Waals surface area contributed by atoms with Gasteiger partial charge in [0.2, 0.25) is 0 Å². The number of rotatable bonds is 6. The van der Waals surface area contributed by atoms with E-state index in [1.165, 1.54) is 24.3 Å². The van der Waals surface area contributed by atoms with Gasteiger partial charge >= 0.3 is 6.11 Å². The van der Waals surface area contributed by atoms with Crippen LogP contribution < -0.4 is 9.47 Å². The highest BCUT2D eigenvalue weighted by Crippen LogP contribution is 2.29. The molecule has 0 saturated heterocycles. The lowest BCUT2D eigenvalue weighted by Gasteiger charge is -2.17. The fourth-order valence-corrected chi connectivity index (χ4v) is 1.17. The van der Waals surface area contributed by atoms with Crippen LogP contribution in [0.3, 0.4) is 0 Å². The van der Waals surface area contributed by atoms with Crippen LogP contribution in [0.25, 0.3) is 0 Å². The number of benzene rings is 1. The van der Waals surface area contributed by atoms with Crippen LogP contribution in [-0.4, -0.2) is 23.7 Å². The smallest absolute Gasteiger partial charge is 0.444 e. The van der Waals surface area contributed by atoms with Crippen molar-refractivity contribution in [1.29, 1.82) is 0 Å². The van der Waals surface area contributed by atoms with Crippen LogP contribution >= 0.6 is 27.5 Å². The van der Waals surface area contributed by atoms with Gasteiger partial charge in [-0.1, -0.05) is 27.5 Å². The largest absolute Gasteiger partial charge is 0.493 e. The van der Waals surface area contributed by atoms with Gasteiger partial charge in [0.05, 0.1) is 6.61 Å². The highest BCUT2D eigenvalue weighted by Gasteiger charge is 2.42. The first-order valence-corrected chi connectivity index (χ1v) is 6.15. The zero-order chi connectivity index (χ0) is 12.9. The van der Waals surface area contributed by atoms with Crippen molar-refractivity contribution in [2.45, 2.75) is 11.7 Å². The molecular formula is C10H9BrClF3O2. The van der Waals surface area contributed by atoms with Crippen molar-refractivity contribution < 1.29 is 22.6 Å². The van der Waals surface area contributed by atoms with Crippen molar-refractivity contribution in [3.8, 4) is 11.5 Å². The highest BCUT2D eigenvalue weighted by atomic mass is 79.9. The van der Waals surface area contributed by atoms with Crippen LogP contribution in [0.2, 0.25) is 0 Å². The van der Waals surface area contributed by atoms with Gasteiger partial charge in [-0.3, -0.25) is 0 Å². The topological polar surface area (TPSA) is 18.5 Å². The monoisotopic (exact) mass is 332 g/mol. The van der Waals surface area contributed by atoms with Crippen molar-refractivity contribution in [2.24, 2.45) is 0 Å². The third kappa shape index (κ3) is 4.63. The number of ether oxygens (including phenoxy) is 2. The molecule has 1 aromatic carbocycles. The Hall–Kier alpha value is -0.620. The third-order valence-electron chi connectivity index (χ3n) is 1.68. The summed E-state index contributed by atoms with van der Waals surface area (Å²) in [7, 11) is 0. The molecule has 17 heavy (non-hydrogen) atoms. The summed E-state index contributed by atoms with van der Waals surface area (Å²) in [6, 6.07) is 5.37. The number of halogens is 5. The Balaban J connectivity index is 2.62. The van der Waals surface area contributed by atoms with Crippen LogP contribution in [0.1, 0.15) is 0 Å². The standard InChI is InChI=1S/C10H9BrClF3O2/c11-5-6-16-7-1-3-8(4-2-7)17-10(14,15)9(12)13/h1-4,9H,5-6H2. The Morgan fingerprint density at radius 3 is 2.24 bits per heavy atom. The van der Waals surface area contributed by atoms with Gasteiger partial charge in [0.15, 0.2) is 0 Å². The molecule has 2 nitrogen and oxygen atoms in total. The van der Waals surface area contributed by atoms with Crippen molar-refractivity contribution >= 4 is 27.5 Å². The third-order valence-corrected chi connectivity index (χ3v) is 2.26. The molecule has 1 atom stereocenters. The van der Waals surface area contributed by atoms with E-state index in [0.717, 1.165) is 0 Å². The van der Waals surface area contributed by atoms with Crippen molar-refractivity contribution in [1.82, 2.24) is 0 Å². The van der Waals surface area contributed by atoms with Gasteiger partial charge < -0.3 is 9.47 Å². The number of alkyl halides is 5. The lowest BCUT2D eigenvalue weighted by Crippen LogP contribution is -2.32. The molecule has 0 aliphatic rings. The average molecular weight is 334 g/mol. The van der Waals surface area contributed by atoms with Gasteiger partial charge in [-0.15, -0.1) is 0 Å². The minimum Gasteiger partial charge on any atom is -0.493 e. The van der Waals surface area contributed by atoms with Gasteiger partial charge in [0, 0.05) is 5.33 Å². The molecule has 1 rings (SSSR count). The summed E-state index contributed by atoms with van der Waals surface area (Å²) in [5.41, 5.74) is -2.90. The van der Waals surface area contributed by atoms with E-state index in [4.69, 9.17) is 4.74 Å². The van der Waals surface area contributed by atoms with Crippen molar-refractivity contribution in [3.63, 3.8) is 0 Å². The predicted molar refractivity (Wildman–Crippen MR) is 62.1 cm³/mol. The molecule has 0 amide bonds. The molecule has 0 spiro atoms. The van der Waals surface area contributed by atoms with Crippen LogP contribution in [0, 0.1) is 0 Å². The van der Waals surface area contributed by atoms with E-state index < -0.39 is 11.7 Å². The zero-order valence-electron chi connectivity index (χ0n) is 8.51. The van der Waals surface area contributed by atoms with Gasteiger partial charge in [0.1, 0.15) is 11.5 Å². The number of hydrogen-bond donors (Lipinski definition) is 0. The van der Waals surface area contributed by atoms with E-state index in [1.807, 2.05) is 0 Å². The first kappa shape index (κ1) is 14.4. The van der Waals surface area contributed by atoms with Crippen LogP contribution in [0.15, 0.2) is 24.3 Å². The molecule has 7 heteroatoms. The van der Waals surface area contributed by atoms with E-state index >= 15 is 0 Å². The average Bonchev–Trinajstić information content (AvgIpc) is 2.27. The first-order valence-electron chi connectivity index (χ1n) is 4.59. The summed E-state index contributed by atoms with van der Waals surface area (Å²) >= 11 is 7.82. The van der Waals surface area contributed by atoms with Crippen molar-refractivity contribution in [2.75, 3.05) is 11.9 Å². The molecule has 0 bridgehead atoms. The molecule has 0 saturated carbocycles. The second kappa shape index (κ2) is 6.35. The second-order valence-electron chi connectivity index (χ2n) is 2.97. The summed E-state index contributed by atoms with van der Waals surface area (Å²) < 4.78 is 47.1. The van der Waals surface area contributed by atoms with Crippen LogP contribution in [-0.2, 0) is 0 Å². The Morgan fingerprint density at radius 2 is 1.76 bits per heavy atom. The summed E-state index contributed by atoms with van der Waals surface area (Å²) in [5, 5.41) is 0.652. The molecule has 0 radical (unpaired) electrons. The van der Waals surface area contributed by atoms with E-state index in [1.54, 1.807) is 0 Å². The minimum absolute atomic E-state index is 0.190. The predicted octanol–water partition coefficient (Wildman–Crippen LogP) is 3.97. The quantitative estimate of drug-likeness (QED) is 0.734. The maximum Gasteiger partial charge on any atom is 0.444 e. The SMILES string of the molecule is FC(Cl)C(F)(F)Oc1ccc(OCCBr)cc1. The fourth-order valence-electron chi connectivity index (χ4n) is 0.962. The Labute approximate surface area is 110 Å². The van der Waals surface area contributed by atoms with Gasteiger partial charge in [-0.25, -0.2) is 4.39 Å². The normalized spacial score (nSPS) is 13.2. The second-order valence-corrected chi connectivity index (χ2v) is 4.15. The van der Waals surface area contributed by atoms with E-state index in [-0.39, 0.29) is 5.75 Å². The van der Waals surface area contributed by atoms with E-state index in [0.29, 0.717) is 17.7 Å². The molecule has 0 heterocycles. The summed E-state index contributed by atoms with van der Waals surface area (Å²) in [6.07, 6.45) is -4.06.